The Balaban J connectivity index is 2.04. The fourth-order valence-corrected chi connectivity index (χ4v) is 2.14. The molecule has 0 N–H and O–H groups in total. The summed E-state index contributed by atoms with van der Waals surface area (Å²) >= 11 is 0. The van der Waals surface area contributed by atoms with Crippen LogP contribution >= 0.6 is 0 Å². The second-order valence-electron chi connectivity index (χ2n) is 3.91. The number of rotatable bonds is 1. The van der Waals surface area contributed by atoms with E-state index in [0.29, 0.717) is 6.04 Å². The molecule has 2 unspecified atom stereocenters. The third-order valence-electron chi connectivity index (χ3n) is 2.81. The quantitative estimate of drug-likeness (QED) is 0.624. The number of nitrogens with zero attached hydrogens (tertiary/aromatic N) is 2. The standard InChI is InChI=1S/C10H16N2/c1-9-4-2-5-10(8-9)12-7-3-6-11-12/h3,6-7,9-10H,2,4-5,8H2,1H3. The van der Waals surface area contributed by atoms with E-state index in [4.69, 9.17) is 0 Å². The van der Waals surface area contributed by atoms with Gasteiger partial charge in [-0.15, -0.1) is 0 Å². The third-order valence-corrected chi connectivity index (χ3v) is 2.81. The van der Waals surface area contributed by atoms with Crippen LogP contribution < -0.4 is 0 Å². The van der Waals surface area contributed by atoms with Gasteiger partial charge in [0.05, 0.1) is 6.04 Å². The molecule has 2 heteroatoms. The van der Waals surface area contributed by atoms with Crippen LogP contribution in [0.15, 0.2) is 18.5 Å². The van der Waals surface area contributed by atoms with Gasteiger partial charge in [-0.3, -0.25) is 4.68 Å². The van der Waals surface area contributed by atoms with Crippen molar-refractivity contribution in [3.63, 3.8) is 0 Å². The number of hydrogen-bond acceptors (Lipinski definition) is 1. The first-order chi connectivity index (χ1) is 5.86. The minimum atomic E-state index is 0.670. The molecule has 2 rings (SSSR count). The fraction of sp³-hybridized carbons (Fsp3) is 0.700. The molecule has 1 saturated carbocycles. The van der Waals surface area contributed by atoms with E-state index in [-0.39, 0.29) is 0 Å². The topological polar surface area (TPSA) is 17.8 Å². The summed E-state index contributed by atoms with van der Waals surface area (Å²) in [5, 5.41) is 4.29. The van der Waals surface area contributed by atoms with Gasteiger partial charge < -0.3 is 0 Å². The fourth-order valence-electron chi connectivity index (χ4n) is 2.14. The molecule has 0 aliphatic heterocycles. The highest BCUT2D eigenvalue weighted by Crippen LogP contribution is 2.31. The first kappa shape index (κ1) is 7.84. The van der Waals surface area contributed by atoms with Gasteiger partial charge in [0, 0.05) is 12.4 Å². The smallest absolute Gasteiger partial charge is 0.0521 e. The van der Waals surface area contributed by atoms with E-state index in [2.05, 4.69) is 22.9 Å². The van der Waals surface area contributed by atoms with Crippen molar-refractivity contribution < 1.29 is 0 Å². The summed E-state index contributed by atoms with van der Waals surface area (Å²) in [5.74, 6) is 0.882. The van der Waals surface area contributed by atoms with Gasteiger partial charge in [-0.1, -0.05) is 19.8 Å². The van der Waals surface area contributed by atoms with Gasteiger partial charge in [-0.05, 0) is 24.8 Å². The molecule has 1 aromatic rings. The molecule has 2 atom stereocenters. The molecule has 1 aliphatic carbocycles. The zero-order valence-corrected chi connectivity index (χ0v) is 7.61. The summed E-state index contributed by atoms with van der Waals surface area (Å²) in [6.45, 7) is 2.34. The van der Waals surface area contributed by atoms with Crippen LogP contribution in [0.1, 0.15) is 38.6 Å². The van der Waals surface area contributed by atoms with Crippen molar-refractivity contribution in [2.45, 2.75) is 38.6 Å². The van der Waals surface area contributed by atoms with Crippen molar-refractivity contribution in [2.75, 3.05) is 0 Å². The summed E-state index contributed by atoms with van der Waals surface area (Å²) in [6.07, 6.45) is 9.35. The summed E-state index contributed by atoms with van der Waals surface area (Å²) in [5.41, 5.74) is 0. The molecule has 0 amide bonds. The molecule has 0 aromatic carbocycles. The molecular formula is C10H16N2. The van der Waals surface area contributed by atoms with Gasteiger partial charge in [0.2, 0.25) is 0 Å². The van der Waals surface area contributed by atoms with Gasteiger partial charge in [0.15, 0.2) is 0 Å². The normalized spacial score (nSPS) is 30.4. The Labute approximate surface area is 73.6 Å². The van der Waals surface area contributed by atoms with Crippen LogP contribution in [0.25, 0.3) is 0 Å². The molecule has 0 spiro atoms. The molecule has 2 nitrogen and oxygen atoms in total. The van der Waals surface area contributed by atoms with Crippen LogP contribution in [0.3, 0.4) is 0 Å². The lowest BCUT2D eigenvalue weighted by molar-refractivity contribution is 0.266. The maximum absolute atomic E-state index is 4.29. The maximum atomic E-state index is 4.29. The van der Waals surface area contributed by atoms with E-state index in [1.807, 2.05) is 12.3 Å². The zero-order valence-electron chi connectivity index (χ0n) is 7.61. The van der Waals surface area contributed by atoms with Gasteiger partial charge in [0.1, 0.15) is 0 Å². The van der Waals surface area contributed by atoms with E-state index in [1.165, 1.54) is 25.7 Å². The largest absolute Gasteiger partial charge is 0.270 e. The summed E-state index contributed by atoms with van der Waals surface area (Å²) < 4.78 is 2.12. The molecule has 1 fully saturated rings. The first-order valence-electron chi connectivity index (χ1n) is 4.85. The molecular weight excluding hydrogens is 148 g/mol. The van der Waals surface area contributed by atoms with Gasteiger partial charge >= 0.3 is 0 Å². The van der Waals surface area contributed by atoms with E-state index in [0.717, 1.165) is 5.92 Å². The van der Waals surface area contributed by atoms with E-state index < -0.39 is 0 Å². The van der Waals surface area contributed by atoms with Crippen molar-refractivity contribution in [2.24, 2.45) is 5.92 Å². The van der Waals surface area contributed by atoms with Gasteiger partial charge in [0.25, 0.3) is 0 Å². The second kappa shape index (κ2) is 3.30. The van der Waals surface area contributed by atoms with Crippen LogP contribution in [0.5, 0.6) is 0 Å². The Hall–Kier alpha value is -0.790. The van der Waals surface area contributed by atoms with E-state index in [1.54, 1.807) is 0 Å². The molecule has 0 bridgehead atoms. The van der Waals surface area contributed by atoms with Gasteiger partial charge in [-0.2, -0.15) is 5.10 Å². The molecule has 66 valence electrons. The Morgan fingerprint density at radius 3 is 3.00 bits per heavy atom. The van der Waals surface area contributed by atoms with Crippen molar-refractivity contribution in [1.29, 1.82) is 0 Å². The molecule has 1 heterocycles. The minimum absolute atomic E-state index is 0.670. The van der Waals surface area contributed by atoms with Crippen LogP contribution in [0.2, 0.25) is 0 Å². The predicted molar refractivity (Wildman–Crippen MR) is 48.9 cm³/mol. The van der Waals surface area contributed by atoms with Crippen molar-refractivity contribution in [3.8, 4) is 0 Å². The number of aromatic nitrogens is 2. The van der Waals surface area contributed by atoms with E-state index in [9.17, 15) is 0 Å². The average molecular weight is 164 g/mol. The maximum Gasteiger partial charge on any atom is 0.0521 e. The highest BCUT2D eigenvalue weighted by Gasteiger charge is 2.19. The summed E-state index contributed by atoms with van der Waals surface area (Å²) in [7, 11) is 0. The molecule has 12 heavy (non-hydrogen) atoms. The highest BCUT2D eigenvalue weighted by atomic mass is 15.3. The molecule has 1 aromatic heterocycles. The van der Waals surface area contributed by atoms with Crippen LogP contribution in [-0.2, 0) is 0 Å². The molecule has 0 radical (unpaired) electrons. The lowest BCUT2D eigenvalue weighted by atomic mass is 9.87. The van der Waals surface area contributed by atoms with Crippen molar-refractivity contribution in [3.05, 3.63) is 18.5 Å². The Kier molecular flexibility index (Phi) is 2.15. The van der Waals surface area contributed by atoms with E-state index >= 15 is 0 Å². The zero-order chi connectivity index (χ0) is 8.39. The molecule has 1 aliphatic rings. The Bertz CT molecular complexity index is 228. The lowest BCUT2D eigenvalue weighted by Gasteiger charge is -2.26. The van der Waals surface area contributed by atoms with Crippen molar-refractivity contribution in [1.82, 2.24) is 9.78 Å². The van der Waals surface area contributed by atoms with Crippen LogP contribution in [0, 0.1) is 5.92 Å². The highest BCUT2D eigenvalue weighted by molar-refractivity contribution is 4.83. The summed E-state index contributed by atoms with van der Waals surface area (Å²) in [6, 6.07) is 2.68. The monoisotopic (exact) mass is 164 g/mol. The summed E-state index contributed by atoms with van der Waals surface area (Å²) in [4.78, 5) is 0. The minimum Gasteiger partial charge on any atom is -0.270 e. The average Bonchev–Trinajstić information content (AvgIpc) is 2.56. The Morgan fingerprint density at radius 1 is 1.42 bits per heavy atom. The first-order valence-corrected chi connectivity index (χ1v) is 4.85. The lowest BCUT2D eigenvalue weighted by Crippen LogP contribution is -2.17. The van der Waals surface area contributed by atoms with Crippen LogP contribution in [0.4, 0.5) is 0 Å². The predicted octanol–water partition coefficient (Wildman–Crippen LogP) is 2.63. The Morgan fingerprint density at radius 2 is 2.33 bits per heavy atom. The second-order valence-corrected chi connectivity index (χ2v) is 3.91. The third kappa shape index (κ3) is 1.52. The van der Waals surface area contributed by atoms with Gasteiger partial charge in [-0.25, -0.2) is 0 Å². The van der Waals surface area contributed by atoms with Crippen molar-refractivity contribution >= 4 is 0 Å². The number of hydrogen-bond donors (Lipinski definition) is 0. The molecule has 0 saturated heterocycles. The SMILES string of the molecule is CC1CCCC(n2cccn2)C1. The van der Waals surface area contributed by atoms with Crippen LogP contribution in [-0.4, -0.2) is 9.78 Å².